The minimum absolute atomic E-state index is 0.0573. The molecule has 106 valence electrons. The van der Waals surface area contributed by atoms with Crippen LogP contribution < -0.4 is 11.2 Å². The molecule has 0 aliphatic rings. The van der Waals surface area contributed by atoms with E-state index in [1.165, 1.54) is 25.3 Å². The zero-order valence-corrected chi connectivity index (χ0v) is 11.4. The molecule has 1 heterocycles. The van der Waals surface area contributed by atoms with Gasteiger partial charge in [0.2, 0.25) is 0 Å². The van der Waals surface area contributed by atoms with Crippen LogP contribution in [0.1, 0.15) is 0 Å². The largest absolute Gasteiger partial charge is 0.383 e. The Morgan fingerprint density at radius 2 is 2.15 bits per heavy atom. The molecule has 0 fully saturated rings. The van der Waals surface area contributed by atoms with E-state index in [0.29, 0.717) is 5.56 Å². The van der Waals surface area contributed by atoms with Crippen molar-refractivity contribution in [1.29, 1.82) is 0 Å². The van der Waals surface area contributed by atoms with E-state index in [-0.39, 0.29) is 23.9 Å². The molecule has 20 heavy (non-hydrogen) atoms. The summed E-state index contributed by atoms with van der Waals surface area (Å²) in [6, 6.07) is 5.45. The summed E-state index contributed by atoms with van der Waals surface area (Å²) in [5, 5.41) is -0.112. The van der Waals surface area contributed by atoms with Crippen molar-refractivity contribution in [3.63, 3.8) is 0 Å². The van der Waals surface area contributed by atoms with Gasteiger partial charge in [0.15, 0.2) is 0 Å². The van der Waals surface area contributed by atoms with Crippen molar-refractivity contribution in [3.8, 4) is 11.1 Å². The number of nitrogens with one attached hydrogen (secondary N) is 1. The molecule has 1 aromatic heterocycles. The van der Waals surface area contributed by atoms with Gasteiger partial charge in [0.25, 0.3) is 5.56 Å². The predicted octanol–water partition coefficient (Wildman–Crippen LogP) is 1.64. The van der Waals surface area contributed by atoms with Gasteiger partial charge in [-0.25, -0.2) is 9.18 Å². The molecule has 0 amide bonds. The summed E-state index contributed by atoms with van der Waals surface area (Å²) in [7, 11) is 1.46. The summed E-state index contributed by atoms with van der Waals surface area (Å²) in [6.07, 6.45) is 0. The predicted molar refractivity (Wildman–Crippen MR) is 73.6 cm³/mol. The maximum Gasteiger partial charge on any atom is 0.329 e. The topological polar surface area (TPSA) is 64.1 Å². The third-order valence-electron chi connectivity index (χ3n) is 2.77. The van der Waals surface area contributed by atoms with Crippen LogP contribution in [0.3, 0.4) is 0 Å². The molecule has 0 bridgehead atoms. The molecule has 7 heteroatoms. The van der Waals surface area contributed by atoms with Gasteiger partial charge in [-0.1, -0.05) is 23.7 Å². The first-order chi connectivity index (χ1) is 9.54. The fraction of sp³-hybridized carbons (Fsp3) is 0.231. The monoisotopic (exact) mass is 298 g/mol. The molecule has 2 aromatic rings. The molecular weight excluding hydrogens is 287 g/mol. The van der Waals surface area contributed by atoms with Crippen molar-refractivity contribution >= 4 is 11.6 Å². The molecule has 0 unspecified atom stereocenters. The van der Waals surface area contributed by atoms with Crippen LogP contribution in [0, 0.1) is 5.82 Å². The number of halogens is 2. The molecular formula is C13H12ClFN2O3. The van der Waals surface area contributed by atoms with E-state index in [9.17, 15) is 14.0 Å². The van der Waals surface area contributed by atoms with Gasteiger partial charge in [-0.2, -0.15) is 0 Å². The fourth-order valence-corrected chi connectivity index (χ4v) is 2.10. The van der Waals surface area contributed by atoms with Crippen LogP contribution in [0.4, 0.5) is 4.39 Å². The molecule has 5 nitrogen and oxygen atoms in total. The number of aromatic amines is 1. The molecule has 2 rings (SSSR count). The molecule has 0 radical (unpaired) electrons. The Balaban J connectivity index is 2.65. The van der Waals surface area contributed by atoms with Crippen LogP contribution in [0.15, 0.2) is 33.9 Å². The average molecular weight is 299 g/mol. The Morgan fingerprint density at radius 1 is 1.40 bits per heavy atom. The molecule has 0 saturated carbocycles. The van der Waals surface area contributed by atoms with E-state index in [1.807, 2.05) is 0 Å². The number of hydrogen-bond donors (Lipinski definition) is 1. The Hall–Kier alpha value is -1.92. The molecule has 0 saturated heterocycles. The third kappa shape index (κ3) is 2.81. The molecule has 0 spiro atoms. The lowest BCUT2D eigenvalue weighted by Crippen LogP contribution is -2.37. The van der Waals surface area contributed by atoms with Gasteiger partial charge >= 0.3 is 5.69 Å². The fourth-order valence-electron chi connectivity index (χ4n) is 1.82. The Bertz CT molecular complexity index is 739. The highest BCUT2D eigenvalue weighted by molar-refractivity contribution is 6.32. The van der Waals surface area contributed by atoms with E-state index < -0.39 is 17.1 Å². The number of ether oxygens (including phenoxy) is 1. The summed E-state index contributed by atoms with van der Waals surface area (Å²) in [5.41, 5.74) is -0.845. The minimum atomic E-state index is -0.628. The molecule has 0 atom stereocenters. The first kappa shape index (κ1) is 14.5. The number of hydrogen-bond acceptors (Lipinski definition) is 3. The van der Waals surface area contributed by atoms with Crippen LogP contribution in [0.25, 0.3) is 11.1 Å². The van der Waals surface area contributed by atoms with Gasteiger partial charge in [-0.05, 0) is 17.7 Å². The van der Waals surface area contributed by atoms with Crippen LogP contribution >= 0.6 is 11.6 Å². The lowest BCUT2D eigenvalue weighted by atomic mass is 10.1. The maximum absolute atomic E-state index is 13.3. The van der Waals surface area contributed by atoms with Crippen molar-refractivity contribution in [3.05, 3.63) is 56.1 Å². The summed E-state index contributed by atoms with van der Waals surface area (Å²) in [6.45, 7) is 0.289. The van der Waals surface area contributed by atoms with Crippen molar-refractivity contribution in [2.24, 2.45) is 0 Å². The van der Waals surface area contributed by atoms with Crippen molar-refractivity contribution in [2.45, 2.75) is 6.54 Å². The highest BCUT2D eigenvalue weighted by Crippen LogP contribution is 2.21. The second-order valence-corrected chi connectivity index (χ2v) is 4.46. The van der Waals surface area contributed by atoms with Crippen LogP contribution in [0.2, 0.25) is 5.15 Å². The Kier molecular flexibility index (Phi) is 4.36. The van der Waals surface area contributed by atoms with E-state index >= 15 is 0 Å². The summed E-state index contributed by atoms with van der Waals surface area (Å²) in [5.74, 6) is -0.493. The van der Waals surface area contributed by atoms with Gasteiger partial charge in [0.05, 0.1) is 18.7 Å². The summed E-state index contributed by atoms with van der Waals surface area (Å²) >= 11 is 5.91. The second-order valence-electron chi connectivity index (χ2n) is 4.08. The average Bonchev–Trinajstić information content (AvgIpc) is 2.38. The third-order valence-corrected chi connectivity index (χ3v) is 3.06. The van der Waals surface area contributed by atoms with E-state index in [4.69, 9.17) is 16.3 Å². The molecule has 1 N–H and O–H groups in total. The quantitative estimate of drug-likeness (QED) is 0.873. The van der Waals surface area contributed by atoms with Crippen molar-refractivity contribution < 1.29 is 9.13 Å². The lowest BCUT2D eigenvalue weighted by molar-refractivity contribution is 0.185. The summed E-state index contributed by atoms with van der Waals surface area (Å²) in [4.78, 5) is 26.4. The van der Waals surface area contributed by atoms with Crippen molar-refractivity contribution in [2.75, 3.05) is 13.7 Å². The molecule has 0 aliphatic carbocycles. The SMILES string of the molecule is COCCn1c(=O)[nH]c(Cl)c(-c2cccc(F)c2)c1=O. The van der Waals surface area contributed by atoms with Gasteiger partial charge in [0, 0.05) is 7.11 Å². The van der Waals surface area contributed by atoms with Gasteiger partial charge < -0.3 is 4.74 Å². The Morgan fingerprint density at radius 3 is 2.80 bits per heavy atom. The number of benzene rings is 1. The van der Waals surface area contributed by atoms with E-state index in [1.54, 1.807) is 6.07 Å². The highest BCUT2D eigenvalue weighted by atomic mass is 35.5. The second kappa shape index (κ2) is 6.02. The highest BCUT2D eigenvalue weighted by Gasteiger charge is 2.14. The minimum Gasteiger partial charge on any atom is -0.383 e. The number of H-pyrrole nitrogens is 1. The van der Waals surface area contributed by atoms with Gasteiger partial charge in [-0.15, -0.1) is 0 Å². The standard InChI is InChI=1S/C13H12ClFN2O3/c1-20-6-5-17-12(18)10(11(14)16-13(17)19)8-3-2-4-9(15)7-8/h2-4,7H,5-6H2,1H3,(H,16,19). The number of methoxy groups -OCH3 is 1. The van der Waals surface area contributed by atoms with Crippen LogP contribution in [0.5, 0.6) is 0 Å². The van der Waals surface area contributed by atoms with Crippen LogP contribution in [-0.4, -0.2) is 23.3 Å². The molecule has 0 aliphatic heterocycles. The summed E-state index contributed by atoms with van der Waals surface area (Å²) < 4.78 is 19.1. The number of nitrogens with zero attached hydrogens (tertiary/aromatic N) is 1. The zero-order valence-electron chi connectivity index (χ0n) is 10.7. The molecule has 1 aromatic carbocycles. The normalized spacial score (nSPS) is 10.8. The van der Waals surface area contributed by atoms with Gasteiger partial charge in [0.1, 0.15) is 11.0 Å². The zero-order chi connectivity index (χ0) is 14.7. The van der Waals surface area contributed by atoms with E-state index in [0.717, 1.165) is 4.57 Å². The van der Waals surface area contributed by atoms with Crippen molar-refractivity contribution in [1.82, 2.24) is 9.55 Å². The maximum atomic E-state index is 13.3. The number of rotatable bonds is 4. The smallest absolute Gasteiger partial charge is 0.329 e. The lowest BCUT2D eigenvalue weighted by Gasteiger charge is -2.09. The first-order valence-corrected chi connectivity index (χ1v) is 6.20. The first-order valence-electron chi connectivity index (χ1n) is 5.82. The number of aromatic nitrogens is 2. The van der Waals surface area contributed by atoms with Crippen LogP contribution in [-0.2, 0) is 11.3 Å². The Labute approximate surface area is 118 Å². The van der Waals surface area contributed by atoms with Gasteiger partial charge in [-0.3, -0.25) is 14.3 Å². The van der Waals surface area contributed by atoms with E-state index in [2.05, 4.69) is 4.98 Å².